The summed E-state index contributed by atoms with van der Waals surface area (Å²) in [5.74, 6) is -0.355. The van der Waals surface area contributed by atoms with Gasteiger partial charge in [-0.05, 0) is 24.6 Å². The summed E-state index contributed by atoms with van der Waals surface area (Å²) in [4.78, 5) is 10.5. The van der Waals surface area contributed by atoms with Crippen molar-refractivity contribution >= 4 is 5.91 Å². The minimum absolute atomic E-state index is 0.243. The van der Waals surface area contributed by atoms with Crippen molar-refractivity contribution < 1.29 is 23.7 Å². The van der Waals surface area contributed by atoms with Gasteiger partial charge in [0.25, 0.3) is 0 Å². The van der Waals surface area contributed by atoms with E-state index in [1.165, 1.54) is 24.8 Å². The van der Waals surface area contributed by atoms with Crippen LogP contribution >= 0.6 is 0 Å². The zero-order valence-corrected chi connectivity index (χ0v) is 16.6. The fourth-order valence-electron chi connectivity index (χ4n) is 1.98. The maximum atomic E-state index is 10.5. The van der Waals surface area contributed by atoms with Crippen LogP contribution in [0.1, 0.15) is 46.0 Å². The highest BCUT2D eigenvalue weighted by Gasteiger charge is 1.97. The molecule has 0 radical (unpaired) electrons. The molecule has 3 N–H and O–H groups in total. The summed E-state index contributed by atoms with van der Waals surface area (Å²) < 4.78 is 21.6. The molecular formula is C19H38N2O5. The average Bonchev–Trinajstić information content (AvgIpc) is 2.63. The van der Waals surface area contributed by atoms with E-state index in [1.54, 1.807) is 0 Å². The first-order valence-electron chi connectivity index (χ1n) is 9.71. The highest BCUT2D eigenvalue weighted by atomic mass is 16.6. The SMILES string of the molecule is CCCCCN/C=C(\CC)COCCOCCOCCOCCC(N)=O. The number of primary amides is 1. The van der Waals surface area contributed by atoms with E-state index in [0.29, 0.717) is 52.9 Å². The molecule has 0 aromatic carbocycles. The number of rotatable bonds is 20. The van der Waals surface area contributed by atoms with Crippen LogP contribution in [0.25, 0.3) is 0 Å². The lowest BCUT2D eigenvalue weighted by Crippen LogP contribution is -2.15. The molecule has 7 heteroatoms. The Kier molecular flexibility index (Phi) is 19.3. The molecule has 0 aliphatic heterocycles. The van der Waals surface area contributed by atoms with Gasteiger partial charge in [-0.25, -0.2) is 0 Å². The Morgan fingerprint density at radius 1 is 0.885 bits per heavy atom. The van der Waals surface area contributed by atoms with Crippen LogP contribution in [-0.2, 0) is 23.7 Å². The Morgan fingerprint density at radius 2 is 1.46 bits per heavy atom. The number of nitrogens with two attached hydrogens (primary N) is 1. The quantitative estimate of drug-likeness (QED) is 0.317. The zero-order valence-electron chi connectivity index (χ0n) is 16.6. The van der Waals surface area contributed by atoms with Crippen LogP contribution in [0.4, 0.5) is 0 Å². The van der Waals surface area contributed by atoms with Gasteiger partial charge in [0, 0.05) is 13.0 Å². The van der Waals surface area contributed by atoms with Crippen molar-refractivity contribution in [1.82, 2.24) is 5.32 Å². The molecule has 7 nitrogen and oxygen atoms in total. The molecule has 26 heavy (non-hydrogen) atoms. The lowest BCUT2D eigenvalue weighted by Gasteiger charge is -2.09. The highest BCUT2D eigenvalue weighted by molar-refractivity contribution is 5.73. The van der Waals surface area contributed by atoms with Gasteiger partial charge in [0.2, 0.25) is 5.91 Å². The van der Waals surface area contributed by atoms with Crippen molar-refractivity contribution in [3.05, 3.63) is 11.8 Å². The van der Waals surface area contributed by atoms with Crippen molar-refractivity contribution in [3.63, 3.8) is 0 Å². The first-order valence-corrected chi connectivity index (χ1v) is 9.71. The summed E-state index contributed by atoms with van der Waals surface area (Å²) in [6.45, 7) is 9.45. The van der Waals surface area contributed by atoms with E-state index in [1.807, 2.05) is 0 Å². The largest absolute Gasteiger partial charge is 0.391 e. The number of carbonyl (C=O) groups is 1. The Labute approximate surface area is 158 Å². The molecule has 0 unspecified atom stereocenters. The summed E-state index contributed by atoms with van der Waals surface area (Å²) >= 11 is 0. The van der Waals surface area contributed by atoms with Crippen LogP contribution in [0.2, 0.25) is 0 Å². The molecule has 0 fully saturated rings. The minimum Gasteiger partial charge on any atom is -0.391 e. The first kappa shape index (κ1) is 24.8. The summed E-state index contributed by atoms with van der Waals surface area (Å²) in [6.07, 6.45) is 7.02. The van der Waals surface area contributed by atoms with Gasteiger partial charge in [-0.1, -0.05) is 26.7 Å². The van der Waals surface area contributed by atoms with E-state index in [0.717, 1.165) is 13.0 Å². The number of nitrogens with one attached hydrogen (secondary N) is 1. The third-order valence-electron chi connectivity index (χ3n) is 3.58. The third kappa shape index (κ3) is 19.2. The molecule has 0 aromatic rings. The van der Waals surface area contributed by atoms with Gasteiger partial charge in [-0.2, -0.15) is 0 Å². The molecule has 0 saturated heterocycles. The number of hydrogen-bond donors (Lipinski definition) is 2. The van der Waals surface area contributed by atoms with Gasteiger partial charge in [0.1, 0.15) is 0 Å². The van der Waals surface area contributed by atoms with Crippen LogP contribution in [0.3, 0.4) is 0 Å². The van der Waals surface area contributed by atoms with Crippen molar-refractivity contribution in [2.75, 3.05) is 59.4 Å². The molecule has 0 bridgehead atoms. The maximum Gasteiger partial charge on any atom is 0.219 e. The average molecular weight is 375 g/mol. The molecule has 0 saturated carbocycles. The van der Waals surface area contributed by atoms with Crippen LogP contribution in [0.15, 0.2) is 11.8 Å². The monoisotopic (exact) mass is 374 g/mol. The van der Waals surface area contributed by atoms with Gasteiger partial charge < -0.3 is 30.0 Å². The molecule has 0 aliphatic carbocycles. The van der Waals surface area contributed by atoms with E-state index in [4.69, 9.17) is 24.7 Å². The molecule has 1 amide bonds. The second-order valence-electron chi connectivity index (χ2n) is 5.92. The normalized spacial score (nSPS) is 11.7. The predicted octanol–water partition coefficient (Wildman–Crippen LogP) is 2.00. The maximum absolute atomic E-state index is 10.5. The number of amides is 1. The fraction of sp³-hybridized carbons (Fsp3) is 0.842. The van der Waals surface area contributed by atoms with E-state index in [9.17, 15) is 4.79 Å². The Balaban J connectivity index is 3.33. The van der Waals surface area contributed by atoms with Crippen LogP contribution in [-0.4, -0.2) is 65.3 Å². The molecule has 0 atom stereocenters. The Bertz CT molecular complexity index is 351. The molecule has 0 rings (SSSR count). The van der Waals surface area contributed by atoms with Crippen LogP contribution < -0.4 is 11.1 Å². The Morgan fingerprint density at radius 3 is 2.00 bits per heavy atom. The van der Waals surface area contributed by atoms with Crippen molar-refractivity contribution in [3.8, 4) is 0 Å². The standard InChI is InChI=1S/C19H38N2O5/c1-3-5-6-8-21-16-18(4-2)17-26-15-14-25-13-12-24-11-10-23-9-7-19(20)22/h16,21H,3-15,17H2,1-2H3,(H2,20,22)/b18-16+. The first-order chi connectivity index (χ1) is 12.7. The molecular weight excluding hydrogens is 336 g/mol. The van der Waals surface area contributed by atoms with Crippen molar-refractivity contribution in [2.45, 2.75) is 46.0 Å². The van der Waals surface area contributed by atoms with Crippen molar-refractivity contribution in [1.29, 1.82) is 0 Å². The van der Waals surface area contributed by atoms with E-state index < -0.39 is 0 Å². The number of ether oxygens (including phenoxy) is 4. The topological polar surface area (TPSA) is 92.0 Å². The zero-order chi connectivity index (χ0) is 19.3. The van der Waals surface area contributed by atoms with E-state index >= 15 is 0 Å². The summed E-state index contributed by atoms with van der Waals surface area (Å²) in [7, 11) is 0. The summed E-state index contributed by atoms with van der Waals surface area (Å²) in [5, 5.41) is 3.35. The van der Waals surface area contributed by atoms with Crippen molar-refractivity contribution in [2.24, 2.45) is 5.73 Å². The van der Waals surface area contributed by atoms with E-state index in [2.05, 4.69) is 25.4 Å². The Hall–Kier alpha value is -1.15. The van der Waals surface area contributed by atoms with Gasteiger partial charge in [-0.15, -0.1) is 0 Å². The highest BCUT2D eigenvalue weighted by Crippen LogP contribution is 2.00. The van der Waals surface area contributed by atoms with Gasteiger partial charge >= 0.3 is 0 Å². The van der Waals surface area contributed by atoms with Gasteiger partial charge in [-0.3, -0.25) is 4.79 Å². The molecule has 154 valence electrons. The second-order valence-corrected chi connectivity index (χ2v) is 5.92. The third-order valence-corrected chi connectivity index (χ3v) is 3.58. The second kappa shape index (κ2) is 20.2. The van der Waals surface area contributed by atoms with Gasteiger partial charge in [0.15, 0.2) is 0 Å². The van der Waals surface area contributed by atoms with Crippen LogP contribution in [0.5, 0.6) is 0 Å². The summed E-state index contributed by atoms with van der Waals surface area (Å²) in [6, 6.07) is 0. The number of hydrogen-bond acceptors (Lipinski definition) is 6. The fourth-order valence-corrected chi connectivity index (χ4v) is 1.98. The minimum atomic E-state index is -0.355. The molecule has 0 aromatic heterocycles. The number of carbonyl (C=O) groups excluding carboxylic acids is 1. The predicted molar refractivity (Wildman–Crippen MR) is 103 cm³/mol. The number of unbranched alkanes of at least 4 members (excludes halogenated alkanes) is 2. The van der Waals surface area contributed by atoms with E-state index in [-0.39, 0.29) is 12.3 Å². The lowest BCUT2D eigenvalue weighted by atomic mass is 10.2. The molecule has 0 spiro atoms. The summed E-state index contributed by atoms with van der Waals surface area (Å²) in [5.41, 5.74) is 6.27. The molecule has 0 aliphatic rings. The smallest absolute Gasteiger partial charge is 0.219 e. The molecule has 0 heterocycles. The van der Waals surface area contributed by atoms with Gasteiger partial charge in [0.05, 0.1) is 52.9 Å². The lowest BCUT2D eigenvalue weighted by molar-refractivity contribution is -0.119. The van der Waals surface area contributed by atoms with Crippen LogP contribution in [0, 0.1) is 0 Å².